The predicted molar refractivity (Wildman–Crippen MR) is 111 cm³/mol. The van der Waals surface area contributed by atoms with Crippen molar-refractivity contribution in [2.24, 2.45) is 0 Å². The molecule has 0 spiro atoms. The van der Waals surface area contributed by atoms with E-state index in [9.17, 15) is 19.1 Å². The number of ether oxygens (including phenoxy) is 2. The standard InChI is InChI=1S/C21H17FN2O5S/c1-28-18-10-13(2-8-17(18)25)3-9-20(27)29-11-19(26)24-21-23-16(12-30-21)14-4-6-15(22)7-5-14/h2-10,12,25H,11H2,1H3,(H,23,24,26). The molecule has 1 aromatic heterocycles. The van der Waals surface area contributed by atoms with Crippen LogP contribution in [-0.2, 0) is 14.3 Å². The Morgan fingerprint density at radius 1 is 1.23 bits per heavy atom. The van der Waals surface area contributed by atoms with E-state index in [1.165, 1.54) is 42.7 Å². The average molecular weight is 428 g/mol. The molecule has 154 valence electrons. The molecule has 0 fully saturated rings. The van der Waals surface area contributed by atoms with Crippen molar-refractivity contribution in [1.29, 1.82) is 0 Å². The van der Waals surface area contributed by atoms with Crippen LogP contribution in [0, 0.1) is 5.82 Å². The van der Waals surface area contributed by atoms with Crippen molar-refractivity contribution < 1.29 is 28.6 Å². The van der Waals surface area contributed by atoms with Gasteiger partial charge >= 0.3 is 5.97 Å². The molecule has 0 saturated carbocycles. The highest BCUT2D eigenvalue weighted by atomic mass is 32.1. The van der Waals surface area contributed by atoms with E-state index in [0.29, 0.717) is 16.4 Å². The number of nitrogens with one attached hydrogen (secondary N) is 1. The van der Waals surface area contributed by atoms with Gasteiger partial charge in [-0.05, 0) is 48.0 Å². The smallest absolute Gasteiger partial charge is 0.331 e. The van der Waals surface area contributed by atoms with E-state index in [4.69, 9.17) is 9.47 Å². The van der Waals surface area contributed by atoms with Crippen LogP contribution < -0.4 is 10.1 Å². The second-order valence-electron chi connectivity index (χ2n) is 5.97. The van der Waals surface area contributed by atoms with Gasteiger partial charge in [-0.3, -0.25) is 10.1 Å². The molecular formula is C21H17FN2O5S. The van der Waals surface area contributed by atoms with Crippen molar-refractivity contribution in [3.63, 3.8) is 0 Å². The minimum absolute atomic E-state index is 0.0151. The number of carbonyl (C=O) groups is 2. The second-order valence-corrected chi connectivity index (χ2v) is 6.82. The van der Waals surface area contributed by atoms with E-state index in [2.05, 4.69) is 10.3 Å². The van der Waals surface area contributed by atoms with Gasteiger partial charge in [0.2, 0.25) is 0 Å². The van der Waals surface area contributed by atoms with Crippen LogP contribution in [0.4, 0.5) is 9.52 Å². The first kappa shape index (κ1) is 21.0. The number of esters is 1. The number of methoxy groups -OCH3 is 1. The third-order valence-electron chi connectivity index (χ3n) is 3.85. The number of aromatic nitrogens is 1. The summed E-state index contributed by atoms with van der Waals surface area (Å²) in [5.74, 6) is -1.33. The van der Waals surface area contributed by atoms with Crippen LogP contribution in [0.2, 0.25) is 0 Å². The maximum atomic E-state index is 13.0. The fourth-order valence-electron chi connectivity index (χ4n) is 2.39. The number of phenolic OH excluding ortho intramolecular Hbond substituents is 1. The highest BCUT2D eigenvalue weighted by molar-refractivity contribution is 7.14. The van der Waals surface area contributed by atoms with Crippen molar-refractivity contribution >= 4 is 34.4 Å². The number of aromatic hydroxyl groups is 1. The lowest BCUT2D eigenvalue weighted by Gasteiger charge is -2.04. The summed E-state index contributed by atoms with van der Waals surface area (Å²) in [4.78, 5) is 28.0. The van der Waals surface area contributed by atoms with Crippen LogP contribution in [0.1, 0.15) is 5.56 Å². The highest BCUT2D eigenvalue weighted by Crippen LogP contribution is 2.27. The monoisotopic (exact) mass is 428 g/mol. The van der Waals surface area contributed by atoms with Crippen LogP contribution in [0.15, 0.2) is 53.9 Å². The normalized spacial score (nSPS) is 10.7. The lowest BCUT2D eigenvalue weighted by atomic mass is 10.2. The Morgan fingerprint density at radius 2 is 2.00 bits per heavy atom. The molecule has 2 N–H and O–H groups in total. The Hall–Kier alpha value is -3.72. The van der Waals surface area contributed by atoms with Crippen molar-refractivity contribution in [3.05, 3.63) is 65.3 Å². The Morgan fingerprint density at radius 3 is 2.73 bits per heavy atom. The van der Waals surface area contributed by atoms with E-state index in [-0.39, 0.29) is 17.3 Å². The minimum atomic E-state index is -0.705. The summed E-state index contributed by atoms with van der Waals surface area (Å²) in [6, 6.07) is 10.4. The number of phenols is 1. The molecule has 0 aliphatic carbocycles. The summed E-state index contributed by atoms with van der Waals surface area (Å²) >= 11 is 1.20. The quantitative estimate of drug-likeness (QED) is 0.438. The average Bonchev–Trinajstić information content (AvgIpc) is 3.20. The molecule has 1 heterocycles. The third kappa shape index (κ3) is 5.65. The molecule has 1 amide bonds. The van der Waals surface area contributed by atoms with Gasteiger partial charge in [0.15, 0.2) is 23.2 Å². The number of benzene rings is 2. The predicted octanol–water partition coefficient (Wildman–Crippen LogP) is 3.86. The number of halogens is 1. The molecular weight excluding hydrogens is 411 g/mol. The van der Waals surface area contributed by atoms with E-state index < -0.39 is 18.5 Å². The van der Waals surface area contributed by atoms with Crippen molar-refractivity contribution in [3.8, 4) is 22.8 Å². The van der Waals surface area contributed by atoms with Gasteiger partial charge < -0.3 is 14.6 Å². The lowest BCUT2D eigenvalue weighted by molar-refractivity contribution is -0.142. The maximum absolute atomic E-state index is 13.0. The summed E-state index contributed by atoms with van der Waals surface area (Å²) in [5.41, 5.74) is 1.93. The molecule has 3 rings (SSSR count). The summed E-state index contributed by atoms with van der Waals surface area (Å²) in [7, 11) is 1.42. The highest BCUT2D eigenvalue weighted by Gasteiger charge is 2.10. The maximum Gasteiger partial charge on any atom is 0.331 e. The summed E-state index contributed by atoms with van der Waals surface area (Å²) in [6.45, 7) is -0.479. The molecule has 0 saturated heterocycles. The Kier molecular flexibility index (Phi) is 6.76. The van der Waals surface area contributed by atoms with E-state index in [1.807, 2.05) is 0 Å². The fourth-order valence-corrected chi connectivity index (χ4v) is 3.12. The SMILES string of the molecule is COc1cc(C=CC(=O)OCC(=O)Nc2nc(-c3ccc(F)cc3)cs2)ccc1O. The number of anilines is 1. The van der Waals surface area contributed by atoms with Crippen LogP contribution in [0.5, 0.6) is 11.5 Å². The zero-order valence-corrected chi connectivity index (χ0v) is 16.6. The Balaban J connectivity index is 1.50. The van der Waals surface area contributed by atoms with E-state index in [0.717, 1.165) is 11.6 Å². The van der Waals surface area contributed by atoms with Crippen molar-refractivity contribution in [2.45, 2.75) is 0 Å². The summed E-state index contributed by atoms with van der Waals surface area (Å²) in [5, 5.41) is 14.2. The fraction of sp³-hybridized carbons (Fsp3) is 0.0952. The first-order chi connectivity index (χ1) is 14.4. The van der Waals surface area contributed by atoms with Gasteiger partial charge in [-0.25, -0.2) is 14.2 Å². The topological polar surface area (TPSA) is 97.8 Å². The van der Waals surface area contributed by atoms with Crippen LogP contribution in [-0.4, -0.2) is 35.7 Å². The third-order valence-corrected chi connectivity index (χ3v) is 4.61. The van der Waals surface area contributed by atoms with Gasteiger partial charge in [0.1, 0.15) is 5.82 Å². The number of nitrogens with zero attached hydrogens (tertiary/aromatic N) is 1. The minimum Gasteiger partial charge on any atom is -0.504 e. The van der Waals surface area contributed by atoms with Crippen LogP contribution in [0.25, 0.3) is 17.3 Å². The molecule has 3 aromatic rings. The molecule has 0 atom stereocenters. The molecule has 9 heteroatoms. The molecule has 7 nitrogen and oxygen atoms in total. The number of carbonyl (C=O) groups excluding carboxylic acids is 2. The van der Waals surface area contributed by atoms with E-state index >= 15 is 0 Å². The molecule has 0 unspecified atom stereocenters. The summed E-state index contributed by atoms with van der Waals surface area (Å²) < 4.78 is 22.9. The largest absolute Gasteiger partial charge is 0.504 e. The number of thiazole rings is 1. The molecule has 30 heavy (non-hydrogen) atoms. The van der Waals surface area contributed by atoms with Crippen molar-refractivity contribution in [1.82, 2.24) is 4.98 Å². The first-order valence-electron chi connectivity index (χ1n) is 8.68. The molecule has 0 aliphatic rings. The second kappa shape index (κ2) is 9.66. The number of hydrogen-bond donors (Lipinski definition) is 2. The molecule has 0 radical (unpaired) electrons. The summed E-state index contributed by atoms with van der Waals surface area (Å²) in [6.07, 6.45) is 2.63. The van der Waals surface area contributed by atoms with Gasteiger partial charge in [0.05, 0.1) is 12.8 Å². The number of rotatable bonds is 7. The van der Waals surface area contributed by atoms with Gasteiger partial charge in [-0.15, -0.1) is 11.3 Å². The molecule has 0 aliphatic heterocycles. The number of hydrogen-bond acceptors (Lipinski definition) is 7. The zero-order valence-electron chi connectivity index (χ0n) is 15.8. The van der Waals surface area contributed by atoms with Gasteiger partial charge in [-0.2, -0.15) is 0 Å². The van der Waals surface area contributed by atoms with Crippen molar-refractivity contribution in [2.75, 3.05) is 19.0 Å². The van der Waals surface area contributed by atoms with Gasteiger partial charge in [-0.1, -0.05) is 6.07 Å². The Labute approximate surface area is 175 Å². The molecule has 2 aromatic carbocycles. The lowest BCUT2D eigenvalue weighted by Crippen LogP contribution is -2.20. The van der Waals surface area contributed by atoms with Crippen LogP contribution >= 0.6 is 11.3 Å². The zero-order chi connectivity index (χ0) is 21.5. The Bertz CT molecular complexity index is 1080. The van der Waals surface area contributed by atoms with Gasteiger partial charge in [0.25, 0.3) is 5.91 Å². The van der Waals surface area contributed by atoms with E-state index in [1.54, 1.807) is 29.6 Å². The van der Waals surface area contributed by atoms with Gasteiger partial charge in [0, 0.05) is 17.0 Å². The number of amides is 1. The van der Waals surface area contributed by atoms with Crippen LogP contribution in [0.3, 0.4) is 0 Å². The molecule has 0 bridgehead atoms. The first-order valence-corrected chi connectivity index (χ1v) is 9.56.